The fourth-order valence-corrected chi connectivity index (χ4v) is 2.28. The van der Waals surface area contributed by atoms with Crippen molar-refractivity contribution in [1.82, 2.24) is 9.78 Å². The first-order chi connectivity index (χ1) is 9.43. The first-order valence-corrected chi connectivity index (χ1v) is 6.82. The van der Waals surface area contributed by atoms with Gasteiger partial charge in [0, 0.05) is 16.8 Å². The van der Waals surface area contributed by atoms with Crippen LogP contribution >= 0.6 is 12.2 Å². The van der Waals surface area contributed by atoms with Gasteiger partial charge in [-0.1, -0.05) is 12.2 Å². The Morgan fingerprint density at radius 2 is 2.05 bits per heavy atom. The van der Waals surface area contributed by atoms with E-state index in [4.69, 9.17) is 22.7 Å². The SMILES string of the molecule is COc1ccc(C(N)=S)cc1Cn1nc(C)c(C)c1C. The summed E-state index contributed by atoms with van der Waals surface area (Å²) < 4.78 is 7.38. The van der Waals surface area contributed by atoms with Crippen molar-refractivity contribution >= 4 is 17.2 Å². The Kier molecular flexibility index (Phi) is 4.09. The summed E-state index contributed by atoms with van der Waals surface area (Å²) in [5.41, 5.74) is 11.0. The van der Waals surface area contributed by atoms with Crippen molar-refractivity contribution in [2.75, 3.05) is 7.11 Å². The summed E-state index contributed by atoms with van der Waals surface area (Å²) in [6.07, 6.45) is 0. The van der Waals surface area contributed by atoms with Gasteiger partial charge in [0.1, 0.15) is 10.7 Å². The van der Waals surface area contributed by atoms with Crippen molar-refractivity contribution in [3.8, 4) is 5.75 Å². The molecule has 4 nitrogen and oxygen atoms in total. The molecule has 1 heterocycles. The standard InChI is InChI=1S/C15H19N3OS/c1-9-10(2)17-18(11(9)3)8-13-7-12(15(16)20)5-6-14(13)19-4/h5-7H,8H2,1-4H3,(H2,16,20). The molecule has 0 bridgehead atoms. The molecule has 0 aliphatic rings. The quantitative estimate of drug-likeness (QED) is 0.879. The van der Waals surface area contributed by atoms with Gasteiger partial charge in [0.2, 0.25) is 0 Å². The third-order valence-electron chi connectivity index (χ3n) is 3.63. The van der Waals surface area contributed by atoms with E-state index < -0.39 is 0 Å². The van der Waals surface area contributed by atoms with Crippen LogP contribution < -0.4 is 10.5 Å². The molecule has 2 N–H and O–H groups in total. The number of hydrogen-bond donors (Lipinski definition) is 1. The lowest BCUT2D eigenvalue weighted by molar-refractivity contribution is 0.407. The molecule has 0 aliphatic carbocycles. The van der Waals surface area contributed by atoms with Crippen LogP contribution in [0.15, 0.2) is 18.2 Å². The topological polar surface area (TPSA) is 53.1 Å². The molecule has 20 heavy (non-hydrogen) atoms. The number of aromatic nitrogens is 2. The molecule has 0 saturated carbocycles. The molecule has 106 valence electrons. The lowest BCUT2D eigenvalue weighted by Crippen LogP contribution is -2.11. The molecule has 0 saturated heterocycles. The largest absolute Gasteiger partial charge is 0.496 e. The van der Waals surface area contributed by atoms with Crippen molar-refractivity contribution in [1.29, 1.82) is 0 Å². The Morgan fingerprint density at radius 3 is 2.55 bits per heavy atom. The number of thiocarbonyl (C=S) groups is 1. The summed E-state index contributed by atoms with van der Waals surface area (Å²) in [5, 5.41) is 4.55. The van der Waals surface area contributed by atoms with E-state index in [0.717, 1.165) is 28.3 Å². The zero-order valence-corrected chi connectivity index (χ0v) is 13.0. The zero-order chi connectivity index (χ0) is 14.9. The molecule has 1 aromatic carbocycles. The van der Waals surface area contributed by atoms with E-state index in [1.807, 2.05) is 29.8 Å². The normalized spacial score (nSPS) is 10.6. The highest BCUT2D eigenvalue weighted by Crippen LogP contribution is 2.22. The summed E-state index contributed by atoms with van der Waals surface area (Å²) in [4.78, 5) is 0.387. The van der Waals surface area contributed by atoms with Gasteiger partial charge >= 0.3 is 0 Å². The van der Waals surface area contributed by atoms with Crippen LogP contribution in [-0.4, -0.2) is 21.9 Å². The number of benzene rings is 1. The van der Waals surface area contributed by atoms with E-state index in [1.54, 1.807) is 7.11 Å². The molecule has 0 fully saturated rings. The van der Waals surface area contributed by atoms with Crippen LogP contribution in [0.3, 0.4) is 0 Å². The molecule has 0 spiro atoms. The van der Waals surface area contributed by atoms with Crippen LogP contribution in [0.5, 0.6) is 5.75 Å². The van der Waals surface area contributed by atoms with Gasteiger partial charge < -0.3 is 10.5 Å². The minimum Gasteiger partial charge on any atom is -0.496 e. The monoisotopic (exact) mass is 289 g/mol. The molecule has 0 radical (unpaired) electrons. The molecule has 0 unspecified atom stereocenters. The second-order valence-electron chi connectivity index (χ2n) is 4.84. The second kappa shape index (κ2) is 5.63. The van der Waals surface area contributed by atoms with E-state index >= 15 is 0 Å². The highest BCUT2D eigenvalue weighted by Gasteiger charge is 2.11. The summed E-state index contributed by atoms with van der Waals surface area (Å²) in [5.74, 6) is 0.815. The van der Waals surface area contributed by atoms with Crippen molar-refractivity contribution in [3.05, 3.63) is 46.3 Å². The molecule has 2 rings (SSSR count). The number of nitrogens with two attached hydrogens (primary N) is 1. The number of nitrogens with zero attached hydrogens (tertiary/aromatic N) is 2. The fourth-order valence-electron chi connectivity index (χ4n) is 2.16. The summed E-state index contributed by atoms with van der Waals surface area (Å²) in [6, 6.07) is 5.73. The highest BCUT2D eigenvalue weighted by molar-refractivity contribution is 7.80. The van der Waals surface area contributed by atoms with E-state index in [2.05, 4.69) is 18.9 Å². The molecular formula is C15H19N3OS. The van der Waals surface area contributed by atoms with Gasteiger partial charge in [-0.15, -0.1) is 0 Å². The number of rotatable bonds is 4. The molecule has 0 atom stereocenters. The summed E-state index contributed by atoms with van der Waals surface area (Å²) in [6.45, 7) is 6.80. The molecule has 1 aromatic heterocycles. The number of ether oxygens (including phenoxy) is 1. The van der Waals surface area contributed by atoms with E-state index in [1.165, 1.54) is 5.56 Å². The number of methoxy groups -OCH3 is 1. The van der Waals surface area contributed by atoms with Gasteiger partial charge in [0.15, 0.2) is 0 Å². The van der Waals surface area contributed by atoms with E-state index in [9.17, 15) is 0 Å². The van der Waals surface area contributed by atoms with Gasteiger partial charge in [-0.05, 0) is 44.5 Å². The third kappa shape index (κ3) is 2.67. The van der Waals surface area contributed by atoms with Gasteiger partial charge in [-0.25, -0.2) is 0 Å². The van der Waals surface area contributed by atoms with Crippen LogP contribution in [0, 0.1) is 20.8 Å². The van der Waals surface area contributed by atoms with Crippen molar-refractivity contribution < 1.29 is 4.74 Å². The van der Waals surface area contributed by atoms with Crippen LogP contribution in [0.4, 0.5) is 0 Å². The Hall–Kier alpha value is -1.88. The van der Waals surface area contributed by atoms with Crippen LogP contribution in [-0.2, 0) is 6.54 Å². The minimum absolute atomic E-state index is 0.387. The molecule has 5 heteroatoms. The Bertz CT molecular complexity index is 661. The summed E-state index contributed by atoms with van der Waals surface area (Å²) >= 11 is 5.03. The molecule has 0 amide bonds. The number of hydrogen-bond acceptors (Lipinski definition) is 3. The Balaban J connectivity index is 2.43. The maximum absolute atomic E-state index is 5.69. The lowest BCUT2D eigenvalue weighted by Gasteiger charge is -2.11. The van der Waals surface area contributed by atoms with E-state index in [-0.39, 0.29) is 0 Å². The van der Waals surface area contributed by atoms with E-state index in [0.29, 0.717) is 11.5 Å². The molecule has 0 aliphatic heterocycles. The van der Waals surface area contributed by atoms with Gasteiger partial charge in [-0.3, -0.25) is 4.68 Å². The zero-order valence-electron chi connectivity index (χ0n) is 12.2. The maximum atomic E-state index is 5.69. The predicted molar refractivity (Wildman–Crippen MR) is 84.4 cm³/mol. The lowest BCUT2D eigenvalue weighted by atomic mass is 10.1. The maximum Gasteiger partial charge on any atom is 0.123 e. The van der Waals surface area contributed by atoms with Crippen LogP contribution in [0.25, 0.3) is 0 Å². The van der Waals surface area contributed by atoms with Gasteiger partial charge in [0.25, 0.3) is 0 Å². The van der Waals surface area contributed by atoms with Crippen molar-refractivity contribution in [2.24, 2.45) is 5.73 Å². The second-order valence-corrected chi connectivity index (χ2v) is 5.28. The van der Waals surface area contributed by atoms with Gasteiger partial charge in [-0.2, -0.15) is 5.10 Å². The predicted octanol–water partition coefficient (Wildman–Crippen LogP) is 2.50. The molecule has 2 aromatic rings. The first kappa shape index (κ1) is 14.5. The van der Waals surface area contributed by atoms with Crippen molar-refractivity contribution in [2.45, 2.75) is 27.3 Å². The fraction of sp³-hybridized carbons (Fsp3) is 0.333. The summed E-state index contributed by atoms with van der Waals surface area (Å²) in [7, 11) is 1.66. The smallest absolute Gasteiger partial charge is 0.123 e. The first-order valence-electron chi connectivity index (χ1n) is 6.41. The minimum atomic E-state index is 0.387. The third-order valence-corrected chi connectivity index (χ3v) is 3.86. The van der Waals surface area contributed by atoms with Crippen molar-refractivity contribution in [3.63, 3.8) is 0 Å². The average molecular weight is 289 g/mol. The average Bonchev–Trinajstić information content (AvgIpc) is 2.66. The van der Waals surface area contributed by atoms with Crippen LogP contribution in [0.1, 0.15) is 28.1 Å². The van der Waals surface area contributed by atoms with Crippen LogP contribution in [0.2, 0.25) is 0 Å². The Labute approximate surface area is 124 Å². The highest BCUT2D eigenvalue weighted by atomic mass is 32.1. The molecular weight excluding hydrogens is 270 g/mol. The van der Waals surface area contributed by atoms with Gasteiger partial charge in [0.05, 0.1) is 19.3 Å². The number of aryl methyl sites for hydroxylation is 1. The Morgan fingerprint density at radius 1 is 1.35 bits per heavy atom.